The molecule has 2 atom stereocenters. The van der Waals surface area contributed by atoms with Gasteiger partial charge in [0.1, 0.15) is 0 Å². The molecule has 0 saturated carbocycles. The number of fused-ring (bicyclic) bond motifs is 1. The molecule has 1 aliphatic heterocycles. The summed E-state index contributed by atoms with van der Waals surface area (Å²) in [6.45, 7) is 0. The summed E-state index contributed by atoms with van der Waals surface area (Å²) in [4.78, 5) is 23.8. The van der Waals surface area contributed by atoms with Crippen LogP contribution in [0.2, 0.25) is 0 Å². The number of carbonyl (C=O) groups excluding carboxylic acids is 2. The van der Waals surface area contributed by atoms with Crippen LogP contribution in [0.5, 0.6) is 0 Å². The van der Waals surface area contributed by atoms with E-state index in [4.69, 9.17) is 0 Å². The van der Waals surface area contributed by atoms with Gasteiger partial charge < -0.3 is 0 Å². The molecular weight excluding hydrogens is 283 g/mol. The van der Waals surface area contributed by atoms with Crippen LogP contribution < -0.4 is 5.32 Å². The topological polar surface area (TPSA) is 46.2 Å². The average Bonchev–Trinajstić information content (AvgIpc) is 2.72. The van der Waals surface area contributed by atoms with Gasteiger partial charge in [0.2, 0.25) is 11.8 Å². The van der Waals surface area contributed by atoms with Gasteiger partial charge in [-0.2, -0.15) is 13.2 Å². The van der Waals surface area contributed by atoms with Crippen LogP contribution in [0, 0.1) is 11.3 Å². The minimum absolute atomic E-state index is 0.202. The monoisotopic (exact) mass is 293 g/mol. The zero-order valence-electron chi connectivity index (χ0n) is 10.6. The highest BCUT2D eigenvalue weighted by Gasteiger charge is 2.71. The first kappa shape index (κ1) is 13.6. The first-order valence-corrected chi connectivity index (χ1v) is 6.25. The minimum atomic E-state index is -4.87. The second kappa shape index (κ2) is 4.31. The fourth-order valence-corrected chi connectivity index (χ4v) is 2.94. The Morgan fingerprint density at radius 2 is 1.76 bits per heavy atom. The van der Waals surface area contributed by atoms with Gasteiger partial charge in [0, 0.05) is 0 Å². The Bertz CT molecular complexity index is 676. The first-order chi connectivity index (χ1) is 9.89. The smallest absolute Gasteiger partial charge is 0.295 e. The van der Waals surface area contributed by atoms with Gasteiger partial charge in [-0.15, -0.1) is 0 Å². The SMILES string of the molecule is O=C1NC(=O)C2(C(F)(F)F)C(c3ccccc3)=CC=CC12. The Balaban J connectivity index is 2.28. The van der Waals surface area contributed by atoms with E-state index in [1.54, 1.807) is 18.2 Å². The van der Waals surface area contributed by atoms with Crippen molar-refractivity contribution in [1.29, 1.82) is 0 Å². The number of hydrogen-bond donors (Lipinski definition) is 1. The van der Waals surface area contributed by atoms with Gasteiger partial charge in [0.15, 0.2) is 5.41 Å². The maximum atomic E-state index is 13.8. The van der Waals surface area contributed by atoms with E-state index in [2.05, 4.69) is 0 Å². The van der Waals surface area contributed by atoms with Crippen LogP contribution >= 0.6 is 0 Å². The van der Waals surface area contributed by atoms with Gasteiger partial charge in [0.25, 0.3) is 0 Å². The molecule has 0 bridgehead atoms. The van der Waals surface area contributed by atoms with Crippen molar-refractivity contribution in [3.63, 3.8) is 0 Å². The molecule has 2 unspecified atom stereocenters. The van der Waals surface area contributed by atoms with Crippen LogP contribution in [0.1, 0.15) is 5.56 Å². The largest absolute Gasteiger partial charge is 0.408 e. The van der Waals surface area contributed by atoms with Crippen molar-refractivity contribution in [3.8, 4) is 0 Å². The van der Waals surface area contributed by atoms with Gasteiger partial charge >= 0.3 is 6.18 Å². The lowest BCUT2D eigenvalue weighted by Gasteiger charge is -2.36. The molecule has 2 aliphatic rings. The van der Waals surface area contributed by atoms with Crippen LogP contribution in [0.4, 0.5) is 13.2 Å². The molecule has 0 radical (unpaired) electrons. The highest BCUT2D eigenvalue weighted by Crippen LogP contribution is 2.57. The molecule has 3 rings (SSSR count). The van der Waals surface area contributed by atoms with Gasteiger partial charge in [-0.3, -0.25) is 14.9 Å². The minimum Gasteiger partial charge on any atom is -0.295 e. The van der Waals surface area contributed by atoms with E-state index in [1.807, 2.05) is 5.32 Å². The van der Waals surface area contributed by atoms with Crippen molar-refractivity contribution in [2.45, 2.75) is 6.18 Å². The lowest BCUT2D eigenvalue weighted by atomic mass is 9.66. The number of amides is 2. The van der Waals surface area contributed by atoms with Crippen LogP contribution in [0.15, 0.2) is 48.6 Å². The van der Waals surface area contributed by atoms with Crippen molar-refractivity contribution in [2.24, 2.45) is 11.3 Å². The van der Waals surface area contributed by atoms with Crippen LogP contribution in [0.3, 0.4) is 0 Å². The predicted molar refractivity (Wildman–Crippen MR) is 68.7 cm³/mol. The number of benzene rings is 1. The Hall–Kier alpha value is -2.37. The number of imide groups is 1. The molecule has 1 aliphatic carbocycles. The van der Waals surface area contributed by atoms with Crippen molar-refractivity contribution >= 4 is 17.4 Å². The number of rotatable bonds is 1. The molecule has 1 aromatic rings. The fraction of sp³-hybridized carbons (Fsp3) is 0.200. The predicted octanol–water partition coefficient (Wildman–Crippen LogP) is 2.46. The third-order valence-corrected chi connectivity index (χ3v) is 3.87. The van der Waals surface area contributed by atoms with Gasteiger partial charge in [-0.1, -0.05) is 48.6 Å². The van der Waals surface area contributed by atoms with E-state index >= 15 is 0 Å². The summed E-state index contributed by atoms with van der Waals surface area (Å²) in [5, 5.41) is 1.82. The van der Waals surface area contributed by atoms with E-state index in [9.17, 15) is 22.8 Å². The van der Waals surface area contributed by atoms with Crippen molar-refractivity contribution in [2.75, 3.05) is 0 Å². The molecule has 1 aromatic carbocycles. The Kier molecular flexibility index (Phi) is 2.79. The maximum absolute atomic E-state index is 13.8. The van der Waals surface area contributed by atoms with Crippen molar-refractivity contribution in [3.05, 3.63) is 54.1 Å². The normalized spacial score (nSPS) is 28.1. The highest BCUT2D eigenvalue weighted by atomic mass is 19.4. The maximum Gasteiger partial charge on any atom is 0.408 e. The number of hydrogen-bond acceptors (Lipinski definition) is 2. The second-order valence-corrected chi connectivity index (χ2v) is 4.93. The third-order valence-electron chi connectivity index (χ3n) is 3.87. The van der Waals surface area contributed by atoms with E-state index in [0.717, 1.165) is 6.08 Å². The lowest BCUT2D eigenvalue weighted by Crippen LogP contribution is -2.49. The summed E-state index contributed by atoms with van der Waals surface area (Å²) in [7, 11) is 0. The Morgan fingerprint density at radius 3 is 2.38 bits per heavy atom. The Morgan fingerprint density at radius 1 is 1.10 bits per heavy atom. The molecule has 0 spiro atoms. The average molecular weight is 293 g/mol. The molecule has 3 nitrogen and oxygen atoms in total. The summed E-state index contributed by atoms with van der Waals surface area (Å²) >= 11 is 0. The summed E-state index contributed by atoms with van der Waals surface area (Å²) in [5.74, 6) is -3.80. The summed E-state index contributed by atoms with van der Waals surface area (Å²) < 4.78 is 41.3. The summed E-state index contributed by atoms with van der Waals surface area (Å²) in [6.07, 6.45) is -1.12. The molecule has 0 aromatic heterocycles. The summed E-state index contributed by atoms with van der Waals surface area (Å²) in [5.41, 5.74) is -2.78. The second-order valence-electron chi connectivity index (χ2n) is 4.93. The first-order valence-electron chi connectivity index (χ1n) is 6.25. The van der Waals surface area contributed by atoms with E-state index in [-0.39, 0.29) is 11.1 Å². The van der Waals surface area contributed by atoms with Crippen LogP contribution in [0.25, 0.3) is 5.57 Å². The number of nitrogens with one attached hydrogen (secondary N) is 1. The number of alkyl halides is 3. The molecule has 6 heteroatoms. The van der Waals surface area contributed by atoms with Gasteiger partial charge in [-0.25, -0.2) is 0 Å². The quantitative estimate of drug-likeness (QED) is 0.808. The molecule has 21 heavy (non-hydrogen) atoms. The van der Waals surface area contributed by atoms with E-state index in [1.165, 1.54) is 24.3 Å². The van der Waals surface area contributed by atoms with Crippen molar-refractivity contribution < 1.29 is 22.8 Å². The molecule has 1 heterocycles. The molecule has 2 amide bonds. The fourth-order valence-electron chi connectivity index (χ4n) is 2.94. The highest BCUT2D eigenvalue weighted by molar-refractivity contribution is 6.15. The van der Waals surface area contributed by atoms with Crippen LogP contribution in [-0.4, -0.2) is 18.0 Å². The van der Waals surface area contributed by atoms with Crippen LogP contribution in [-0.2, 0) is 9.59 Å². The zero-order valence-corrected chi connectivity index (χ0v) is 10.6. The zero-order chi connectivity index (χ0) is 15.3. The number of halogens is 3. The van der Waals surface area contributed by atoms with Crippen molar-refractivity contribution in [1.82, 2.24) is 5.32 Å². The molecule has 108 valence electrons. The lowest BCUT2D eigenvalue weighted by molar-refractivity contribution is -0.206. The van der Waals surface area contributed by atoms with Gasteiger partial charge in [0.05, 0.1) is 5.92 Å². The number of allylic oxidation sites excluding steroid dienone is 2. The molecule has 1 N–H and O–H groups in total. The molecule has 1 fully saturated rings. The third kappa shape index (κ3) is 1.68. The van der Waals surface area contributed by atoms with E-state index in [0.29, 0.717) is 0 Å². The Labute approximate surface area is 118 Å². The van der Waals surface area contributed by atoms with Gasteiger partial charge in [-0.05, 0) is 11.1 Å². The standard InChI is InChI=1S/C15H10F3NO2/c16-15(17,18)14-10(9-5-2-1-3-6-9)7-4-8-11(14)12(20)19-13(14)21/h1-8,11H,(H,19,20,21). The molecular formula is C15H10F3NO2. The molecule has 1 saturated heterocycles. The number of carbonyl (C=O) groups is 2. The van der Waals surface area contributed by atoms with E-state index < -0.39 is 29.3 Å². The summed E-state index contributed by atoms with van der Waals surface area (Å²) in [6, 6.07) is 7.82.